The fraction of sp³-hybridized carbons (Fsp3) is 0.333. The van der Waals surface area contributed by atoms with Crippen LogP contribution in [0, 0.1) is 13.8 Å². The highest BCUT2D eigenvalue weighted by Crippen LogP contribution is 2.29. The van der Waals surface area contributed by atoms with Crippen molar-refractivity contribution < 1.29 is 19.1 Å². The van der Waals surface area contributed by atoms with Crippen LogP contribution in [-0.4, -0.2) is 32.6 Å². The Bertz CT molecular complexity index is 813. The molecular formula is C21H26N2O4. The molecule has 6 nitrogen and oxygen atoms in total. The third kappa shape index (κ3) is 5.00. The van der Waals surface area contributed by atoms with E-state index >= 15 is 0 Å². The van der Waals surface area contributed by atoms with Crippen molar-refractivity contribution in [3.05, 3.63) is 47.5 Å². The molecule has 2 amide bonds. The molecule has 2 aromatic rings. The molecular weight excluding hydrogens is 344 g/mol. The lowest BCUT2D eigenvalue weighted by Crippen LogP contribution is -2.33. The first-order chi connectivity index (χ1) is 12.9. The number of benzene rings is 2. The number of nitrogens with zero attached hydrogens (tertiary/aromatic N) is 1. The van der Waals surface area contributed by atoms with Crippen LogP contribution >= 0.6 is 0 Å². The number of rotatable bonds is 7. The van der Waals surface area contributed by atoms with E-state index in [1.165, 1.54) is 14.0 Å². The molecule has 1 N–H and O–H groups in total. The lowest BCUT2D eigenvalue weighted by Gasteiger charge is -2.25. The monoisotopic (exact) mass is 370 g/mol. The standard InChI is InChI=1S/C21H26N2O4/c1-14-7-6-8-15(2)21(14)23(16(3)24)12-11-20(25)22-18-10-9-17(26-4)13-19(18)27-5/h6-10,13H,11-12H2,1-5H3,(H,22,25). The van der Waals surface area contributed by atoms with Crippen molar-refractivity contribution in [1.82, 2.24) is 0 Å². The molecule has 0 spiro atoms. The Hall–Kier alpha value is -3.02. The third-order valence-corrected chi connectivity index (χ3v) is 4.33. The summed E-state index contributed by atoms with van der Waals surface area (Å²) in [5, 5.41) is 2.83. The minimum Gasteiger partial charge on any atom is -0.497 e. The summed E-state index contributed by atoms with van der Waals surface area (Å²) in [5.74, 6) is 0.863. The van der Waals surface area contributed by atoms with Gasteiger partial charge in [-0.05, 0) is 37.1 Å². The maximum atomic E-state index is 12.4. The number of carbonyl (C=O) groups is 2. The SMILES string of the molecule is COc1ccc(NC(=O)CCN(C(C)=O)c2c(C)cccc2C)c(OC)c1. The van der Waals surface area contributed by atoms with Crippen LogP contribution < -0.4 is 19.7 Å². The number of aryl methyl sites for hydroxylation is 2. The Balaban J connectivity index is 2.10. The van der Waals surface area contributed by atoms with Gasteiger partial charge in [0.15, 0.2) is 0 Å². The number of carbonyl (C=O) groups excluding carboxylic acids is 2. The minimum atomic E-state index is -0.198. The Labute approximate surface area is 160 Å². The fourth-order valence-corrected chi connectivity index (χ4v) is 2.99. The van der Waals surface area contributed by atoms with Crippen molar-refractivity contribution in [2.75, 3.05) is 31.0 Å². The third-order valence-electron chi connectivity index (χ3n) is 4.33. The zero-order chi connectivity index (χ0) is 20.0. The van der Waals surface area contributed by atoms with Gasteiger partial charge >= 0.3 is 0 Å². The van der Waals surface area contributed by atoms with Crippen molar-refractivity contribution in [1.29, 1.82) is 0 Å². The van der Waals surface area contributed by atoms with Crippen LogP contribution in [0.4, 0.5) is 11.4 Å². The Morgan fingerprint density at radius 1 is 1.04 bits per heavy atom. The molecule has 0 aliphatic rings. The average Bonchev–Trinajstić information content (AvgIpc) is 2.64. The normalized spacial score (nSPS) is 10.3. The molecule has 0 aliphatic heterocycles. The zero-order valence-electron chi connectivity index (χ0n) is 16.5. The molecule has 0 aromatic heterocycles. The van der Waals surface area contributed by atoms with Gasteiger partial charge in [-0.25, -0.2) is 0 Å². The first-order valence-corrected chi connectivity index (χ1v) is 8.73. The van der Waals surface area contributed by atoms with Crippen LogP contribution in [0.1, 0.15) is 24.5 Å². The first kappa shape index (κ1) is 20.3. The predicted octanol–water partition coefficient (Wildman–Crippen LogP) is 3.70. The molecule has 144 valence electrons. The van der Waals surface area contributed by atoms with Gasteiger partial charge in [0.1, 0.15) is 11.5 Å². The minimum absolute atomic E-state index is 0.0952. The summed E-state index contributed by atoms with van der Waals surface area (Å²) in [6.07, 6.45) is 0.169. The van der Waals surface area contributed by atoms with E-state index in [1.54, 1.807) is 30.2 Å². The van der Waals surface area contributed by atoms with E-state index in [9.17, 15) is 9.59 Å². The van der Waals surface area contributed by atoms with E-state index in [1.807, 2.05) is 32.0 Å². The number of hydrogen-bond donors (Lipinski definition) is 1. The van der Waals surface area contributed by atoms with Gasteiger partial charge < -0.3 is 19.7 Å². The van der Waals surface area contributed by atoms with Gasteiger partial charge in [-0.2, -0.15) is 0 Å². The Morgan fingerprint density at radius 3 is 2.26 bits per heavy atom. The summed E-state index contributed by atoms with van der Waals surface area (Å²) in [5.41, 5.74) is 3.43. The molecule has 2 rings (SSSR count). The number of amides is 2. The molecule has 0 heterocycles. The van der Waals surface area contributed by atoms with E-state index in [0.717, 1.165) is 16.8 Å². The summed E-state index contributed by atoms with van der Waals surface area (Å²) < 4.78 is 10.5. The highest BCUT2D eigenvalue weighted by molar-refractivity contribution is 5.96. The smallest absolute Gasteiger partial charge is 0.226 e. The van der Waals surface area contributed by atoms with Gasteiger partial charge in [0.05, 0.1) is 19.9 Å². The van der Waals surface area contributed by atoms with Gasteiger partial charge in [-0.15, -0.1) is 0 Å². The molecule has 0 atom stereocenters. The van der Waals surface area contributed by atoms with Crippen LogP contribution in [-0.2, 0) is 9.59 Å². The number of methoxy groups -OCH3 is 2. The largest absolute Gasteiger partial charge is 0.497 e. The van der Waals surface area contributed by atoms with Crippen molar-refractivity contribution in [3.63, 3.8) is 0 Å². The second kappa shape index (κ2) is 9.07. The number of ether oxygens (including phenoxy) is 2. The quantitative estimate of drug-likeness (QED) is 0.807. The van der Waals surface area contributed by atoms with Gasteiger partial charge in [0.2, 0.25) is 11.8 Å². The average molecular weight is 370 g/mol. The van der Waals surface area contributed by atoms with Gasteiger partial charge in [0.25, 0.3) is 0 Å². The van der Waals surface area contributed by atoms with E-state index in [4.69, 9.17) is 9.47 Å². The Morgan fingerprint density at radius 2 is 1.70 bits per heavy atom. The second-order valence-electron chi connectivity index (χ2n) is 6.28. The first-order valence-electron chi connectivity index (χ1n) is 8.73. The molecule has 0 aliphatic carbocycles. The zero-order valence-corrected chi connectivity index (χ0v) is 16.5. The fourth-order valence-electron chi connectivity index (χ4n) is 2.99. The van der Waals surface area contributed by atoms with E-state index in [0.29, 0.717) is 23.7 Å². The molecule has 0 saturated heterocycles. The van der Waals surface area contributed by atoms with E-state index < -0.39 is 0 Å². The van der Waals surface area contributed by atoms with Crippen LogP contribution in [0.25, 0.3) is 0 Å². The second-order valence-corrected chi connectivity index (χ2v) is 6.28. The van der Waals surface area contributed by atoms with Crippen molar-refractivity contribution in [2.45, 2.75) is 27.2 Å². The van der Waals surface area contributed by atoms with Gasteiger partial charge in [-0.3, -0.25) is 9.59 Å². The van der Waals surface area contributed by atoms with Gasteiger partial charge in [-0.1, -0.05) is 18.2 Å². The molecule has 0 fully saturated rings. The molecule has 6 heteroatoms. The van der Waals surface area contributed by atoms with Crippen molar-refractivity contribution >= 4 is 23.2 Å². The highest BCUT2D eigenvalue weighted by Gasteiger charge is 2.18. The van der Waals surface area contributed by atoms with Crippen LogP contribution in [0.5, 0.6) is 11.5 Å². The number of nitrogens with one attached hydrogen (secondary N) is 1. The Kier molecular flexibility index (Phi) is 6.82. The van der Waals surface area contributed by atoms with E-state index in [-0.39, 0.29) is 18.2 Å². The lowest BCUT2D eigenvalue weighted by atomic mass is 10.1. The summed E-state index contributed by atoms with van der Waals surface area (Å²) >= 11 is 0. The maximum Gasteiger partial charge on any atom is 0.226 e. The lowest BCUT2D eigenvalue weighted by molar-refractivity contribution is -0.117. The molecule has 2 aromatic carbocycles. The van der Waals surface area contributed by atoms with Crippen molar-refractivity contribution in [2.24, 2.45) is 0 Å². The molecule has 0 saturated carbocycles. The maximum absolute atomic E-state index is 12.4. The summed E-state index contributed by atoms with van der Waals surface area (Å²) in [7, 11) is 3.10. The summed E-state index contributed by atoms with van der Waals surface area (Å²) in [6, 6.07) is 11.0. The van der Waals surface area contributed by atoms with Crippen LogP contribution in [0.3, 0.4) is 0 Å². The molecule has 0 radical (unpaired) electrons. The highest BCUT2D eigenvalue weighted by atomic mass is 16.5. The van der Waals surface area contributed by atoms with Crippen LogP contribution in [0.15, 0.2) is 36.4 Å². The van der Waals surface area contributed by atoms with Crippen molar-refractivity contribution in [3.8, 4) is 11.5 Å². The van der Waals surface area contributed by atoms with E-state index in [2.05, 4.69) is 5.32 Å². The number of para-hydroxylation sites is 1. The van der Waals surface area contributed by atoms with Gasteiger partial charge in [0, 0.05) is 31.6 Å². The number of anilines is 2. The summed E-state index contributed by atoms with van der Waals surface area (Å²) in [4.78, 5) is 26.2. The molecule has 27 heavy (non-hydrogen) atoms. The van der Waals surface area contributed by atoms with Crippen LogP contribution in [0.2, 0.25) is 0 Å². The molecule has 0 unspecified atom stereocenters. The summed E-state index contributed by atoms with van der Waals surface area (Å²) in [6.45, 7) is 5.72. The predicted molar refractivity (Wildman–Crippen MR) is 107 cm³/mol. The molecule has 0 bridgehead atoms. The number of hydrogen-bond acceptors (Lipinski definition) is 4. The topological polar surface area (TPSA) is 67.9 Å².